The summed E-state index contributed by atoms with van der Waals surface area (Å²) in [5.41, 5.74) is 1.13. The minimum Gasteiger partial charge on any atom is -0.489 e. The Hall–Kier alpha value is -1.51. The number of nitrogens with zero attached hydrogens (tertiary/aromatic N) is 1. The van der Waals surface area contributed by atoms with Crippen LogP contribution in [0.2, 0.25) is 0 Å². The number of nitrogens with one attached hydrogen (secondary N) is 2. The first kappa shape index (κ1) is 25.5. The van der Waals surface area contributed by atoms with Crippen LogP contribution >= 0.6 is 24.0 Å². The number of aliphatic imine (C=N–C) groups is 1. The lowest BCUT2D eigenvalue weighted by Gasteiger charge is -2.16. The molecule has 0 aliphatic rings. The van der Waals surface area contributed by atoms with Gasteiger partial charge < -0.3 is 20.1 Å². The summed E-state index contributed by atoms with van der Waals surface area (Å²) in [5, 5.41) is 6.56. The minimum atomic E-state index is -0.143. The second-order valence-corrected chi connectivity index (χ2v) is 6.23. The molecule has 154 valence electrons. The zero-order valence-corrected chi connectivity index (χ0v) is 19.2. The van der Waals surface area contributed by atoms with Crippen molar-refractivity contribution in [3.05, 3.63) is 29.8 Å². The number of halogens is 1. The van der Waals surface area contributed by atoms with Crippen LogP contribution in [0.4, 0.5) is 0 Å². The molecule has 0 radical (unpaired) electrons. The zero-order chi connectivity index (χ0) is 19.2. The molecule has 0 aliphatic heterocycles. The van der Waals surface area contributed by atoms with E-state index in [0.717, 1.165) is 49.6 Å². The van der Waals surface area contributed by atoms with Crippen molar-refractivity contribution in [3.8, 4) is 5.75 Å². The van der Waals surface area contributed by atoms with Crippen LogP contribution in [-0.4, -0.2) is 44.8 Å². The molecule has 1 atom stereocenters. The molecule has 1 rings (SSSR count). The van der Waals surface area contributed by atoms with E-state index in [1.54, 1.807) is 0 Å². The number of carbonyl (C=O) groups excluding carboxylic acids is 1. The first-order valence-corrected chi connectivity index (χ1v) is 9.38. The highest BCUT2D eigenvalue weighted by molar-refractivity contribution is 14.0. The van der Waals surface area contributed by atoms with Gasteiger partial charge in [-0.05, 0) is 45.2 Å². The molecule has 0 spiro atoms. The van der Waals surface area contributed by atoms with Gasteiger partial charge in [-0.3, -0.25) is 4.79 Å². The number of methoxy groups -OCH3 is 1. The molecular weight excluding hydrogens is 457 g/mol. The monoisotopic (exact) mass is 491 g/mol. The number of carbonyl (C=O) groups is 1. The Morgan fingerprint density at radius 3 is 2.59 bits per heavy atom. The van der Waals surface area contributed by atoms with Crippen molar-refractivity contribution in [1.82, 2.24) is 10.6 Å². The summed E-state index contributed by atoms with van der Waals surface area (Å²) in [6.07, 6.45) is 3.29. The maximum atomic E-state index is 11.1. The Morgan fingerprint density at radius 1 is 1.19 bits per heavy atom. The number of hydrogen-bond acceptors (Lipinski definition) is 4. The number of esters is 1. The van der Waals surface area contributed by atoms with Gasteiger partial charge in [-0.1, -0.05) is 24.6 Å². The van der Waals surface area contributed by atoms with Crippen LogP contribution in [0.15, 0.2) is 29.3 Å². The van der Waals surface area contributed by atoms with Gasteiger partial charge in [0.15, 0.2) is 5.96 Å². The van der Waals surface area contributed by atoms with Gasteiger partial charge in [0.25, 0.3) is 0 Å². The fraction of sp³-hybridized carbons (Fsp3) is 0.600. The first-order valence-electron chi connectivity index (χ1n) is 9.38. The molecule has 7 heteroatoms. The Labute approximate surface area is 180 Å². The van der Waals surface area contributed by atoms with E-state index in [0.29, 0.717) is 13.0 Å². The van der Waals surface area contributed by atoms with Gasteiger partial charge in [-0.2, -0.15) is 0 Å². The molecule has 1 aromatic rings. The number of guanidine groups is 1. The molecule has 0 amide bonds. The highest BCUT2D eigenvalue weighted by Gasteiger charge is 2.06. The molecule has 0 saturated heterocycles. The lowest BCUT2D eigenvalue weighted by atomic mass is 10.2. The van der Waals surface area contributed by atoms with Gasteiger partial charge in [0.1, 0.15) is 11.9 Å². The number of unbranched alkanes of at least 4 members (excludes halogenated alkanes) is 2. The van der Waals surface area contributed by atoms with Gasteiger partial charge in [-0.25, -0.2) is 4.99 Å². The second-order valence-electron chi connectivity index (χ2n) is 6.23. The maximum absolute atomic E-state index is 11.1. The fourth-order valence-electron chi connectivity index (χ4n) is 2.38. The van der Waals surface area contributed by atoms with Crippen LogP contribution in [-0.2, 0) is 9.53 Å². The summed E-state index contributed by atoms with van der Waals surface area (Å²) < 4.78 is 10.6. The summed E-state index contributed by atoms with van der Waals surface area (Å²) in [6, 6.07) is 8.00. The standard InChI is InChI=1S/C20H33N3O3.HI/c1-5-21-20(22-14-10-6-7-13-19(24)25-4)23-15-17(3)26-18-12-9-8-11-16(18)2;/h8-9,11-12,17H,5-7,10,13-15H2,1-4H3,(H2,21,22,23);1H. The van der Waals surface area contributed by atoms with Gasteiger partial charge in [0.05, 0.1) is 13.7 Å². The van der Waals surface area contributed by atoms with E-state index in [1.165, 1.54) is 7.11 Å². The second kappa shape index (κ2) is 15.5. The molecule has 6 nitrogen and oxygen atoms in total. The van der Waals surface area contributed by atoms with Crippen molar-refractivity contribution in [3.63, 3.8) is 0 Å². The first-order chi connectivity index (χ1) is 12.6. The summed E-state index contributed by atoms with van der Waals surface area (Å²) in [4.78, 5) is 15.7. The van der Waals surface area contributed by atoms with Gasteiger partial charge in [0, 0.05) is 19.5 Å². The van der Waals surface area contributed by atoms with E-state index in [9.17, 15) is 4.79 Å². The van der Waals surface area contributed by atoms with E-state index >= 15 is 0 Å². The predicted octanol–water partition coefficient (Wildman–Crippen LogP) is 3.67. The highest BCUT2D eigenvalue weighted by Crippen LogP contribution is 2.17. The lowest BCUT2D eigenvalue weighted by Crippen LogP contribution is -2.38. The molecule has 0 aliphatic carbocycles. The average molecular weight is 491 g/mol. The molecule has 1 aromatic carbocycles. The summed E-state index contributed by atoms with van der Waals surface area (Å²) in [6.45, 7) is 8.30. The highest BCUT2D eigenvalue weighted by atomic mass is 127. The van der Waals surface area contributed by atoms with Crippen molar-refractivity contribution in [2.24, 2.45) is 4.99 Å². The topological polar surface area (TPSA) is 72.0 Å². The lowest BCUT2D eigenvalue weighted by molar-refractivity contribution is -0.140. The molecule has 0 bridgehead atoms. The smallest absolute Gasteiger partial charge is 0.305 e. The number of rotatable bonds is 11. The average Bonchev–Trinajstić information content (AvgIpc) is 2.64. The Morgan fingerprint density at radius 2 is 1.93 bits per heavy atom. The normalized spacial score (nSPS) is 11.9. The number of para-hydroxylation sites is 1. The van der Waals surface area contributed by atoms with Crippen LogP contribution in [0, 0.1) is 6.92 Å². The van der Waals surface area contributed by atoms with Crippen LogP contribution in [0.1, 0.15) is 45.1 Å². The molecule has 0 saturated carbocycles. The van der Waals surface area contributed by atoms with Crippen LogP contribution in [0.5, 0.6) is 5.75 Å². The van der Waals surface area contributed by atoms with E-state index in [4.69, 9.17) is 4.74 Å². The number of aryl methyl sites for hydroxylation is 1. The summed E-state index contributed by atoms with van der Waals surface area (Å²) in [7, 11) is 1.42. The van der Waals surface area contributed by atoms with Crippen molar-refractivity contribution in [2.75, 3.05) is 26.7 Å². The molecule has 2 N–H and O–H groups in total. The molecule has 0 aromatic heterocycles. The van der Waals surface area contributed by atoms with E-state index in [-0.39, 0.29) is 36.0 Å². The van der Waals surface area contributed by atoms with Crippen LogP contribution < -0.4 is 15.4 Å². The van der Waals surface area contributed by atoms with Crippen LogP contribution in [0.25, 0.3) is 0 Å². The summed E-state index contributed by atoms with van der Waals surface area (Å²) >= 11 is 0. The third-order valence-corrected chi connectivity index (χ3v) is 3.85. The molecule has 1 unspecified atom stereocenters. The quantitative estimate of drug-likeness (QED) is 0.163. The van der Waals surface area contributed by atoms with Gasteiger partial charge >= 0.3 is 5.97 Å². The summed E-state index contributed by atoms with van der Waals surface area (Å²) in [5.74, 6) is 1.55. The maximum Gasteiger partial charge on any atom is 0.305 e. The van der Waals surface area contributed by atoms with Crippen molar-refractivity contribution >= 4 is 35.9 Å². The Kier molecular flexibility index (Phi) is 14.7. The largest absolute Gasteiger partial charge is 0.489 e. The molecule has 0 heterocycles. The molecule has 27 heavy (non-hydrogen) atoms. The third-order valence-electron chi connectivity index (χ3n) is 3.85. The SMILES string of the molecule is CCNC(=NCC(C)Oc1ccccc1C)NCCCCCC(=O)OC.I. The Bertz CT molecular complexity index is 567. The Balaban J connectivity index is 0.00000676. The fourth-order valence-corrected chi connectivity index (χ4v) is 2.38. The van der Waals surface area contributed by atoms with Gasteiger partial charge in [0.2, 0.25) is 0 Å². The van der Waals surface area contributed by atoms with Crippen molar-refractivity contribution in [1.29, 1.82) is 0 Å². The third kappa shape index (κ3) is 11.7. The molecular formula is C20H34IN3O3. The molecule has 0 fully saturated rings. The van der Waals surface area contributed by atoms with E-state index in [1.807, 2.05) is 45.0 Å². The van der Waals surface area contributed by atoms with Crippen LogP contribution in [0.3, 0.4) is 0 Å². The van der Waals surface area contributed by atoms with E-state index in [2.05, 4.69) is 20.4 Å². The number of benzene rings is 1. The van der Waals surface area contributed by atoms with E-state index < -0.39 is 0 Å². The van der Waals surface area contributed by atoms with Gasteiger partial charge in [-0.15, -0.1) is 24.0 Å². The number of hydrogen-bond donors (Lipinski definition) is 2. The number of ether oxygens (including phenoxy) is 2. The van der Waals surface area contributed by atoms with Crippen molar-refractivity contribution in [2.45, 2.75) is 52.6 Å². The predicted molar refractivity (Wildman–Crippen MR) is 121 cm³/mol. The minimum absolute atomic E-state index is 0. The van der Waals surface area contributed by atoms with Crippen molar-refractivity contribution < 1.29 is 14.3 Å². The zero-order valence-electron chi connectivity index (χ0n) is 16.9.